The van der Waals surface area contributed by atoms with E-state index < -0.39 is 10.8 Å². The van der Waals surface area contributed by atoms with Crippen LogP contribution >= 0.6 is 0 Å². The van der Waals surface area contributed by atoms with E-state index in [0.717, 1.165) is 16.5 Å². The SMILES string of the molecule is CCOc1cc2occ(-c3ccc(F)cc3)c2cc1/C(C)=C/C(=O)Nc1cccc([N+](=O)[O-])c1. The van der Waals surface area contributed by atoms with Gasteiger partial charge in [-0.1, -0.05) is 18.2 Å². The summed E-state index contributed by atoms with van der Waals surface area (Å²) >= 11 is 0. The van der Waals surface area contributed by atoms with Gasteiger partial charge in [-0.15, -0.1) is 0 Å². The average Bonchev–Trinajstić information content (AvgIpc) is 3.22. The molecule has 0 bridgehead atoms. The number of rotatable bonds is 7. The fraction of sp³-hybridized carbons (Fsp3) is 0.115. The van der Waals surface area contributed by atoms with Gasteiger partial charge in [0, 0.05) is 46.5 Å². The second-order valence-corrected chi connectivity index (χ2v) is 7.56. The first-order valence-electron chi connectivity index (χ1n) is 10.5. The smallest absolute Gasteiger partial charge is 0.271 e. The largest absolute Gasteiger partial charge is 0.493 e. The van der Waals surface area contributed by atoms with Gasteiger partial charge in [0.15, 0.2) is 0 Å². The molecule has 7 nitrogen and oxygen atoms in total. The monoisotopic (exact) mass is 460 g/mol. The first-order valence-corrected chi connectivity index (χ1v) is 10.5. The van der Waals surface area contributed by atoms with E-state index in [4.69, 9.17) is 9.15 Å². The Bertz CT molecular complexity index is 1410. The number of fused-ring (bicyclic) bond motifs is 1. The van der Waals surface area contributed by atoms with Crippen molar-refractivity contribution in [3.05, 3.63) is 94.5 Å². The maximum atomic E-state index is 13.4. The molecular formula is C26H21FN2O5. The van der Waals surface area contributed by atoms with Crippen LogP contribution in [-0.2, 0) is 4.79 Å². The van der Waals surface area contributed by atoms with Gasteiger partial charge in [-0.2, -0.15) is 0 Å². The summed E-state index contributed by atoms with van der Waals surface area (Å²) in [5.41, 5.74) is 3.69. The maximum Gasteiger partial charge on any atom is 0.271 e. The zero-order valence-electron chi connectivity index (χ0n) is 18.5. The summed E-state index contributed by atoms with van der Waals surface area (Å²) in [4.78, 5) is 23.1. The third-order valence-corrected chi connectivity index (χ3v) is 5.23. The molecule has 1 amide bonds. The number of nitrogens with one attached hydrogen (secondary N) is 1. The van der Waals surface area contributed by atoms with Crippen LogP contribution in [0.4, 0.5) is 15.8 Å². The summed E-state index contributed by atoms with van der Waals surface area (Å²) in [5.74, 6) is -0.220. The van der Waals surface area contributed by atoms with Gasteiger partial charge in [-0.05, 0) is 49.2 Å². The number of amides is 1. The van der Waals surface area contributed by atoms with E-state index in [0.29, 0.717) is 34.8 Å². The Hall–Kier alpha value is -4.46. The molecule has 0 spiro atoms. The Kier molecular flexibility index (Phi) is 6.40. The van der Waals surface area contributed by atoms with Crippen molar-refractivity contribution in [3.63, 3.8) is 0 Å². The van der Waals surface area contributed by atoms with Crippen LogP contribution in [0.5, 0.6) is 5.75 Å². The van der Waals surface area contributed by atoms with Crippen LogP contribution in [0.15, 0.2) is 77.4 Å². The van der Waals surface area contributed by atoms with Crippen molar-refractivity contribution in [3.8, 4) is 16.9 Å². The lowest BCUT2D eigenvalue weighted by molar-refractivity contribution is -0.384. The first-order chi connectivity index (χ1) is 16.4. The van der Waals surface area contributed by atoms with Gasteiger partial charge in [-0.3, -0.25) is 14.9 Å². The summed E-state index contributed by atoms with van der Waals surface area (Å²) < 4.78 is 24.9. The summed E-state index contributed by atoms with van der Waals surface area (Å²) in [6, 6.07) is 15.5. The minimum absolute atomic E-state index is 0.115. The third kappa shape index (κ3) is 4.80. The molecule has 0 saturated heterocycles. The lowest BCUT2D eigenvalue weighted by Crippen LogP contribution is -2.09. The highest BCUT2D eigenvalue weighted by atomic mass is 19.1. The molecule has 0 unspecified atom stereocenters. The van der Waals surface area contributed by atoms with Crippen molar-refractivity contribution >= 4 is 33.8 Å². The van der Waals surface area contributed by atoms with Gasteiger partial charge in [-0.25, -0.2) is 4.39 Å². The normalized spacial score (nSPS) is 11.4. The fourth-order valence-electron chi connectivity index (χ4n) is 3.64. The molecule has 4 rings (SSSR count). The van der Waals surface area contributed by atoms with Crippen LogP contribution < -0.4 is 10.1 Å². The van der Waals surface area contributed by atoms with Crippen molar-refractivity contribution < 1.29 is 23.3 Å². The van der Waals surface area contributed by atoms with Gasteiger partial charge in [0.1, 0.15) is 17.1 Å². The summed E-state index contributed by atoms with van der Waals surface area (Å²) in [7, 11) is 0. The molecule has 0 aliphatic carbocycles. The van der Waals surface area contributed by atoms with Gasteiger partial charge >= 0.3 is 0 Å². The van der Waals surface area contributed by atoms with E-state index in [-0.39, 0.29) is 11.5 Å². The van der Waals surface area contributed by atoms with Crippen LogP contribution in [0, 0.1) is 15.9 Å². The minimum atomic E-state index is -0.524. The van der Waals surface area contributed by atoms with Crippen molar-refractivity contribution in [1.29, 1.82) is 0 Å². The number of anilines is 1. The Balaban J connectivity index is 1.70. The predicted octanol–water partition coefficient (Wildman–Crippen LogP) is 6.59. The van der Waals surface area contributed by atoms with Crippen LogP contribution in [0.2, 0.25) is 0 Å². The third-order valence-electron chi connectivity index (χ3n) is 5.23. The van der Waals surface area contributed by atoms with Crippen molar-refractivity contribution in [2.24, 2.45) is 0 Å². The highest BCUT2D eigenvalue weighted by molar-refractivity contribution is 6.05. The zero-order valence-corrected chi connectivity index (χ0v) is 18.5. The Morgan fingerprint density at radius 2 is 1.94 bits per heavy atom. The molecule has 0 aliphatic heterocycles. The number of nitro benzene ring substituents is 1. The minimum Gasteiger partial charge on any atom is -0.493 e. The molecule has 172 valence electrons. The number of benzene rings is 3. The van der Waals surface area contributed by atoms with Crippen molar-refractivity contribution in [2.75, 3.05) is 11.9 Å². The van der Waals surface area contributed by atoms with Gasteiger partial charge in [0.05, 0.1) is 17.8 Å². The molecule has 0 radical (unpaired) electrons. The second kappa shape index (κ2) is 9.58. The number of non-ortho nitro benzene ring substituents is 1. The molecule has 3 aromatic carbocycles. The molecule has 8 heteroatoms. The summed E-state index contributed by atoms with van der Waals surface area (Å²) in [5, 5.41) is 14.4. The van der Waals surface area contributed by atoms with Crippen LogP contribution in [-0.4, -0.2) is 17.4 Å². The van der Waals surface area contributed by atoms with Crippen LogP contribution in [0.1, 0.15) is 19.4 Å². The molecule has 0 aliphatic rings. The molecule has 0 saturated carbocycles. The summed E-state index contributed by atoms with van der Waals surface area (Å²) in [6.45, 7) is 4.04. The second-order valence-electron chi connectivity index (χ2n) is 7.56. The number of ether oxygens (including phenoxy) is 1. The van der Waals surface area contributed by atoms with Crippen molar-refractivity contribution in [2.45, 2.75) is 13.8 Å². The standard InChI is InChI=1S/C26H21FN2O5/c1-3-33-24-14-25-22(23(15-34-25)17-7-9-18(27)10-8-17)13-21(24)16(2)11-26(30)28-19-5-4-6-20(12-19)29(31)32/h4-15H,3H2,1-2H3,(H,28,30)/b16-11+. The van der Waals surface area contributed by atoms with Gasteiger partial charge in [0.25, 0.3) is 5.69 Å². The number of hydrogen-bond acceptors (Lipinski definition) is 5. The van der Waals surface area contributed by atoms with Crippen molar-refractivity contribution in [1.82, 2.24) is 0 Å². The van der Waals surface area contributed by atoms with E-state index in [1.165, 1.54) is 36.4 Å². The lowest BCUT2D eigenvalue weighted by atomic mass is 9.99. The molecule has 34 heavy (non-hydrogen) atoms. The van der Waals surface area contributed by atoms with Crippen LogP contribution in [0.3, 0.4) is 0 Å². The van der Waals surface area contributed by atoms with E-state index in [1.54, 1.807) is 37.5 Å². The molecule has 1 aromatic heterocycles. The highest BCUT2D eigenvalue weighted by Gasteiger charge is 2.16. The van der Waals surface area contributed by atoms with Gasteiger partial charge in [0.2, 0.25) is 5.91 Å². The molecule has 4 aromatic rings. The molecular weight excluding hydrogens is 439 g/mol. The van der Waals surface area contributed by atoms with E-state index in [1.807, 2.05) is 13.0 Å². The maximum absolute atomic E-state index is 13.4. The number of halogens is 1. The zero-order chi connectivity index (χ0) is 24.2. The molecule has 0 fully saturated rings. The highest BCUT2D eigenvalue weighted by Crippen LogP contribution is 2.37. The van der Waals surface area contributed by atoms with Gasteiger partial charge < -0.3 is 14.5 Å². The Morgan fingerprint density at radius 1 is 1.18 bits per heavy atom. The number of nitrogens with zero attached hydrogens (tertiary/aromatic N) is 1. The topological polar surface area (TPSA) is 94.6 Å². The van der Waals surface area contributed by atoms with E-state index in [9.17, 15) is 19.3 Å². The Morgan fingerprint density at radius 3 is 2.65 bits per heavy atom. The molecule has 1 N–H and O–H groups in total. The number of hydrogen-bond donors (Lipinski definition) is 1. The lowest BCUT2D eigenvalue weighted by Gasteiger charge is -2.12. The number of furan rings is 1. The number of carbonyl (C=O) groups is 1. The molecule has 1 heterocycles. The Labute approximate surface area is 194 Å². The predicted molar refractivity (Wildman–Crippen MR) is 128 cm³/mol. The number of nitro groups is 1. The number of carbonyl (C=O) groups excluding carboxylic acids is 1. The van der Waals surface area contributed by atoms with E-state index in [2.05, 4.69) is 5.32 Å². The molecule has 0 atom stereocenters. The van der Waals surface area contributed by atoms with Crippen LogP contribution in [0.25, 0.3) is 27.7 Å². The fourth-order valence-corrected chi connectivity index (χ4v) is 3.64. The van der Waals surface area contributed by atoms with E-state index >= 15 is 0 Å². The average molecular weight is 460 g/mol. The summed E-state index contributed by atoms with van der Waals surface area (Å²) in [6.07, 6.45) is 3.01. The number of allylic oxidation sites excluding steroid dienone is 1. The first kappa shape index (κ1) is 22.7. The quantitative estimate of drug-likeness (QED) is 0.191.